The predicted molar refractivity (Wildman–Crippen MR) is 43.7 cm³/mol. The second-order valence-corrected chi connectivity index (χ2v) is 8.92. The summed E-state index contributed by atoms with van der Waals surface area (Å²) in [6.07, 6.45) is 0.797. The summed E-state index contributed by atoms with van der Waals surface area (Å²) in [5.74, 6) is 0.619. The largest absolute Gasteiger partial charge is 0.330 e. The van der Waals surface area contributed by atoms with Crippen LogP contribution in [0.1, 0.15) is 6.42 Å². The van der Waals surface area contributed by atoms with Crippen molar-refractivity contribution in [2.45, 2.75) is 6.42 Å². The molecule has 5 heteroatoms. The molecule has 0 unspecified atom stereocenters. The summed E-state index contributed by atoms with van der Waals surface area (Å²) in [7, 11) is 14.6. The minimum atomic E-state index is -1.85. The van der Waals surface area contributed by atoms with Crippen LogP contribution < -0.4 is 5.73 Å². The molecule has 0 aromatic carbocycles. The first kappa shape index (κ1) is 9.18. The topological polar surface area (TPSA) is 26.0 Å². The second kappa shape index (κ2) is 4.07. The Bertz CT molecular complexity index is 62.0. The molecule has 0 aliphatic heterocycles. The summed E-state index contributed by atoms with van der Waals surface area (Å²) in [4.78, 5) is 0. The Hall–Kier alpha value is 1.18. The van der Waals surface area contributed by atoms with Gasteiger partial charge in [0.05, 0.1) is 0 Å². The van der Waals surface area contributed by atoms with Gasteiger partial charge >= 0.3 is 0 Å². The van der Waals surface area contributed by atoms with Crippen LogP contribution in [0, 0.1) is 0 Å². The molecule has 0 radical (unpaired) electrons. The fraction of sp³-hybridized carbons (Fsp3) is 1.00. The van der Waals surface area contributed by atoms with Crippen LogP contribution in [-0.4, -0.2) is 12.3 Å². The van der Waals surface area contributed by atoms with Crippen molar-refractivity contribution in [1.82, 2.24) is 0 Å². The Kier molecular flexibility index (Phi) is 4.67. The molecule has 0 heterocycles. The maximum Gasteiger partial charge on any atom is 0.0176 e. The maximum atomic E-state index is 5.47. The highest BCUT2D eigenvalue weighted by Gasteiger charge is 2.10. The van der Waals surface area contributed by atoms with E-state index in [0.717, 1.165) is 6.42 Å². The molecule has 0 atom stereocenters. The van der Waals surface area contributed by atoms with E-state index in [1.54, 1.807) is 0 Å². The third-order valence-corrected chi connectivity index (χ3v) is 2.72. The van der Waals surface area contributed by atoms with E-state index >= 15 is 0 Å². The molecule has 8 heavy (non-hydrogen) atoms. The lowest BCUT2D eigenvalue weighted by Crippen LogP contribution is -2.00. The Morgan fingerprint density at radius 2 is 1.75 bits per heavy atom. The van der Waals surface area contributed by atoms with Crippen LogP contribution in [0.15, 0.2) is 0 Å². The van der Waals surface area contributed by atoms with Crippen LogP contribution in [0.25, 0.3) is 0 Å². The summed E-state index contributed by atoms with van der Waals surface area (Å²) in [5, 5.41) is 0. The van der Waals surface area contributed by atoms with Crippen molar-refractivity contribution in [2.75, 3.05) is 12.3 Å². The van der Waals surface area contributed by atoms with E-state index in [0.29, 0.717) is 12.3 Å². The smallest absolute Gasteiger partial charge is 0.0176 e. The highest BCUT2D eigenvalue weighted by Crippen LogP contribution is 2.63. The van der Waals surface area contributed by atoms with Gasteiger partial charge in [0, 0.05) is 5.75 Å². The first-order chi connectivity index (χ1) is 3.56. The van der Waals surface area contributed by atoms with Crippen LogP contribution in [-0.2, 0) is 0 Å². The first-order valence-corrected chi connectivity index (χ1v) is 6.44. The monoisotopic (exact) mass is 195 g/mol. The van der Waals surface area contributed by atoms with Crippen molar-refractivity contribution in [3.05, 3.63) is 0 Å². The number of halogens is 3. The average molecular weight is 197 g/mol. The van der Waals surface area contributed by atoms with Gasteiger partial charge in [-0.3, -0.25) is 0 Å². The molecule has 0 bridgehead atoms. The first-order valence-electron chi connectivity index (χ1n) is 2.16. The molecule has 0 fully saturated rings. The quantitative estimate of drug-likeness (QED) is 0.738. The van der Waals surface area contributed by atoms with Gasteiger partial charge in [0.1, 0.15) is 0 Å². The second-order valence-electron chi connectivity index (χ2n) is 1.35. The molecule has 0 amide bonds. The molecular weight excluding hydrogens is 188 g/mol. The molecule has 0 aromatic rings. The Balaban J connectivity index is 3.11. The van der Waals surface area contributed by atoms with E-state index in [1.807, 2.05) is 0 Å². The SMILES string of the molecule is NCCCS(Cl)(Cl)Cl. The van der Waals surface area contributed by atoms with Gasteiger partial charge in [0.25, 0.3) is 0 Å². The average Bonchev–Trinajstić information content (AvgIpc) is 1.59. The van der Waals surface area contributed by atoms with E-state index < -0.39 is 7.67 Å². The molecule has 0 aromatic heterocycles. The molecule has 2 N–H and O–H groups in total. The van der Waals surface area contributed by atoms with Crippen molar-refractivity contribution in [3.63, 3.8) is 0 Å². The van der Waals surface area contributed by atoms with E-state index in [1.165, 1.54) is 0 Å². The van der Waals surface area contributed by atoms with Gasteiger partial charge in [-0.1, -0.05) is 0 Å². The number of rotatable bonds is 3. The number of hydrogen-bond donors (Lipinski definition) is 1. The van der Waals surface area contributed by atoms with Crippen LogP contribution in [0.2, 0.25) is 0 Å². The summed E-state index contributed by atoms with van der Waals surface area (Å²) in [5.41, 5.74) is 5.17. The molecule has 1 nitrogen and oxygen atoms in total. The van der Waals surface area contributed by atoms with Gasteiger partial charge in [-0.25, -0.2) is 0 Å². The molecule has 0 saturated heterocycles. The Labute approximate surface area is 64.3 Å². The normalized spacial score (nSPS) is 14.0. The number of nitrogens with two attached hydrogens (primary N) is 1. The Morgan fingerprint density at radius 3 is 1.88 bits per heavy atom. The predicted octanol–water partition coefficient (Wildman–Crippen LogP) is 2.60. The van der Waals surface area contributed by atoms with Gasteiger partial charge in [0.15, 0.2) is 0 Å². The van der Waals surface area contributed by atoms with Crippen LogP contribution in [0.4, 0.5) is 0 Å². The zero-order chi connectivity index (χ0) is 6.62. The molecular formula is C3H8Cl3NS. The molecule has 0 saturated carbocycles. The molecule has 52 valence electrons. The van der Waals surface area contributed by atoms with Crippen molar-refractivity contribution in [1.29, 1.82) is 0 Å². The summed E-state index contributed by atoms with van der Waals surface area (Å²) >= 11 is 0. The van der Waals surface area contributed by atoms with E-state index in [4.69, 9.17) is 37.8 Å². The van der Waals surface area contributed by atoms with Gasteiger partial charge in [0.2, 0.25) is 0 Å². The summed E-state index contributed by atoms with van der Waals surface area (Å²) in [6.45, 7) is 0.598. The molecule has 0 rings (SSSR count). The van der Waals surface area contributed by atoms with Crippen molar-refractivity contribution >= 4 is 39.7 Å². The summed E-state index contributed by atoms with van der Waals surface area (Å²) < 4.78 is 0. The minimum absolute atomic E-state index is 0.598. The maximum absolute atomic E-state index is 5.47. The Morgan fingerprint density at radius 1 is 1.25 bits per heavy atom. The molecule has 0 aliphatic carbocycles. The van der Waals surface area contributed by atoms with Crippen molar-refractivity contribution < 1.29 is 0 Å². The van der Waals surface area contributed by atoms with Gasteiger partial charge in [-0.05, 0) is 52.7 Å². The highest BCUT2D eigenvalue weighted by molar-refractivity contribution is 8.79. The van der Waals surface area contributed by atoms with E-state index in [2.05, 4.69) is 0 Å². The standard InChI is InChI=1S/C3H8Cl3NS/c4-8(5,6)3-1-2-7/h1-3,7H2. The zero-order valence-electron chi connectivity index (χ0n) is 4.24. The van der Waals surface area contributed by atoms with Gasteiger partial charge < -0.3 is 5.73 Å². The fourth-order valence-corrected chi connectivity index (χ4v) is 1.72. The fourth-order valence-electron chi connectivity index (χ4n) is 0.247. The molecule has 0 aliphatic rings. The van der Waals surface area contributed by atoms with Crippen molar-refractivity contribution in [2.24, 2.45) is 5.73 Å². The molecule has 0 spiro atoms. The minimum Gasteiger partial charge on any atom is -0.330 e. The third-order valence-electron chi connectivity index (χ3n) is 0.580. The van der Waals surface area contributed by atoms with E-state index in [9.17, 15) is 0 Å². The third kappa shape index (κ3) is 7.18. The van der Waals surface area contributed by atoms with Crippen LogP contribution in [0.5, 0.6) is 0 Å². The van der Waals surface area contributed by atoms with Gasteiger partial charge in [-0.15, -0.1) is 0 Å². The van der Waals surface area contributed by atoms with Gasteiger partial charge in [-0.2, -0.15) is 0 Å². The summed E-state index contributed by atoms with van der Waals surface area (Å²) in [6, 6.07) is 0. The lowest BCUT2D eigenvalue weighted by atomic mass is 10.5. The zero-order valence-corrected chi connectivity index (χ0v) is 7.33. The van der Waals surface area contributed by atoms with Crippen LogP contribution >= 0.6 is 39.7 Å². The lowest BCUT2D eigenvalue weighted by Gasteiger charge is -2.12. The highest BCUT2D eigenvalue weighted by atomic mass is 36.2. The lowest BCUT2D eigenvalue weighted by molar-refractivity contribution is 0.944. The van der Waals surface area contributed by atoms with Crippen molar-refractivity contribution in [3.8, 4) is 0 Å². The van der Waals surface area contributed by atoms with E-state index in [-0.39, 0.29) is 0 Å². The number of hydrogen-bond acceptors (Lipinski definition) is 1. The van der Waals surface area contributed by atoms with Crippen LogP contribution in [0.3, 0.4) is 0 Å².